The summed E-state index contributed by atoms with van der Waals surface area (Å²) in [6, 6.07) is 0.00141. The van der Waals surface area contributed by atoms with Crippen molar-refractivity contribution in [3.05, 3.63) is 0 Å². The number of carbonyl (C=O) groups excluding carboxylic acids is 1. The molecule has 1 N–H and O–H groups in total. The molecule has 1 unspecified atom stereocenters. The number of piperidine rings is 1. The lowest BCUT2D eigenvalue weighted by atomic mass is 9.89. The Hall–Kier alpha value is -1.26. The largest absolute Gasteiger partial charge is 0.481 e. The van der Waals surface area contributed by atoms with Gasteiger partial charge in [-0.25, -0.2) is 4.79 Å². The molecule has 5 nitrogen and oxygen atoms in total. The summed E-state index contributed by atoms with van der Waals surface area (Å²) in [4.78, 5) is 27.0. The summed E-state index contributed by atoms with van der Waals surface area (Å²) >= 11 is 0. The standard InChI is InChI=1S/C15H26N2O3/c1-16(10-12-6-3-2-4-7-12)15(20)17-9-5-8-13(11-17)14(18)19/h12-13H,2-11H2,1H3,(H,18,19). The third-order valence-corrected chi connectivity index (χ3v) is 4.62. The second-order valence-corrected chi connectivity index (χ2v) is 6.29. The van der Waals surface area contributed by atoms with Crippen LogP contribution in [-0.2, 0) is 4.79 Å². The van der Waals surface area contributed by atoms with Gasteiger partial charge in [-0.15, -0.1) is 0 Å². The lowest BCUT2D eigenvalue weighted by molar-refractivity contribution is -0.143. The molecule has 2 amide bonds. The molecule has 2 fully saturated rings. The van der Waals surface area contributed by atoms with E-state index in [2.05, 4.69) is 0 Å². The first-order valence-electron chi connectivity index (χ1n) is 7.80. The van der Waals surface area contributed by atoms with Crippen molar-refractivity contribution in [1.29, 1.82) is 0 Å². The highest BCUT2D eigenvalue weighted by molar-refractivity contribution is 5.76. The summed E-state index contributed by atoms with van der Waals surface area (Å²) in [6.07, 6.45) is 7.78. The third kappa shape index (κ3) is 3.87. The average Bonchev–Trinajstić information content (AvgIpc) is 2.47. The van der Waals surface area contributed by atoms with Crippen molar-refractivity contribution in [2.24, 2.45) is 11.8 Å². The van der Waals surface area contributed by atoms with Crippen molar-refractivity contribution in [1.82, 2.24) is 9.80 Å². The monoisotopic (exact) mass is 282 g/mol. The minimum Gasteiger partial charge on any atom is -0.481 e. The van der Waals surface area contributed by atoms with Gasteiger partial charge in [0.15, 0.2) is 0 Å². The van der Waals surface area contributed by atoms with Gasteiger partial charge in [-0.2, -0.15) is 0 Å². The molecule has 1 aliphatic heterocycles. The summed E-state index contributed by atoms with van der Waals surface area (Å²) in [6.45, 7) is 1.87. The van der Waals surface area contributed by atoms with Gasteiger partial charge < -0.3 is 14.9 Å². The molecule has 20 heavy (non-hydrogen) atoms. The first-order valence-corrected chi connectivity index (χ1v) is 7.80. The maximum atomic E-state index is 12.4. The molecule has 0 bridgehead atoms. The highest BCUT2D eigenvalue weighted by atomic mass is 16.4. The molecule has 1 saturated carbocycles. The van der Waals surface area contributed by atoms with Gasteiger partial charge in [-0.05, 0) is 31.6 Å². The van der Waals surface area contributed by atoms with Gasteiger partial charge in [0, 0.05) is 26.7 Å². The van der Waals surface area contributed by atoms with Gasteiger partial charge in [0.25, 0.3) is 0 Å². The molecule has 2 rings (SSSR count). The molecule has 1 heterocycles. The van der Waals surface area contributed by atoms with E-state index in [1.165, 1.54) is 32.1 Å². The number of aliphatic carboxylic acids is 1. The predicted octanol–water partition coefficient (Wildman–Crippen LogP) is 2.42. The molecule has 0 aromatic heterocycles. The normalized spacial score (nSPS) is 24.4. The highest BCUT2D eigenvalue weighted by Crippen LogP contribution is 2.25. The predicted molar refractivity (Wildman–Crippen MR) is 76.5 cm³/mol. The van der Waals surface area contributed by atoms with Crippen molar-refractivity contribution in [2.45, 2.75) is 44.9 Å². The quantitative estimate of drug-likeness (QED) is 0.864. The number of urea groups is 1. The molecule has 0 aromatic carbocycles. The summed E-state index contributed by atoms with van der Waals surface area (Å²) in [5.41, 5.74) is 0. The van der Waals surface area contributed by atoms with Crippen LogP contribution in [0.3, 0.4) is 0 Å². The number of carboxylic acids is 1. The van der Waals surface area contributed by atoms with E-state index in [0.717, 1.165) is 13.0 Å². The molecule has 1 atom stereocenters. The minimum atomic E-state index is -0.780. The Morgan fingerprint density at radius 3 is 2.50 bits per heavy atom. The maximum absolute atomic E-state index is 12.4. The fraction of sp³-hybridized carbons (Fsp3) is 0.867. The van der Waals surface area contributed by atoms with Gasteiger partial charge in [-0.1, -0.05) is 19.3 Å². The molecule has 1 aliphatic carbocycles. The lowest BCUT2D eigenvalue weighted by Crippen LogP contribution is -2.48. The number of hydrogen-bond acceptors (Lipinski definition) is 2. The van der Waals surface area contributed by atoms with Crippen LogP contribution < -0.4 is 0 Å². The minimum absolute atomic E-state index is 0.00141. The van der Waals surface area contributed by atoms with E-state index in [0.29, 0.717) is 25.4 Å². The highest BCUT2D eigenvalue weighted by Gasteiger charge is 2.30. The van der Waals surface area contributed by atoms with Gasteiger partial charge in [0.1, 0.15) is 0 Å². The van der Waals surface area contributed by atoms with Crippen molar-refractivity contribution in [3.8, 4) is 0 Å². The van der Waals surface area contributed by atoms with Crippen LogP contribution in [0.15, 0.2) is 0 Å². The van der Waals surface area contributed by atoms with Crippen LogP contribution in [0.2, 0.25) is 0 Å². The fourth-order valence-corrected chi connectivity index (χ4v) is 3.43. The topological polar surface area (TPSA) is 60.9 Å². The Morgan fingerprint density at radius 1 is 1.15 bits per heavy atom. The molecular weight excluding hydrogens is 256 g/mol. The SMILES string of the molecule is CN(CC1CCCCC1)C(=O)N1CCCC(C(=O)O)C1. The molecule has 1 saturated heterocycles. The average molecular weight is 282 g/mol. The number of amides is 2. The molecule has 5 heteroatoms. The van der Waals surface area contributed by atoms with Crippen molar-refractivity contribution < 1.29 is 14.7 Å². The Balaban J connectivity index is 1.84. The second kappa shape index (κ2) is 6.95. The molecule has 0 spiro atoms. The fourth-order valence-electron chi connectivity index (χ4n) is 3.43. The summed E-state index contributed by atoms with van der Waals surface area (Å²) in [5.74, 6) is -0.550. The lowest BCUT2D eigenvalue weighted by Gasteiger charge is -2.35. The van der Waals surface area contributed by atoms with E-state index in [1.807, 2.05) is 7.05 Å². The van der Waals surface area contributed by atoms with Crippen LogP contribution in [0, 0.1) is 11.8 Å². The Labute approximate surface area is 120 Å². The molecule has 2 aliphatic rings. The molecular formula is C15H26N2O3. The summed E-state index contributed by atoms with van der Waals surface area (Å²) < 4.78 is 0. The number of carbonyl (C=O) groups is 2. The van der Waals surface area contributed by atoms with Crippen LogP contribution in [0.25, 0.3) is 0 Å². The van der Waals surface area contributed by atoms with Gasteiger partial charge in [-0.3, -0.25) is 4.79 Å². The van der Waals surface area contributed by atoms with Crippen LogP contribution in [0.5, 0.6) is 0 Å². The van der Waals surface area contributed by atoms with Crippen LogP contribution in [-0.4, -0.2) is 53.6 Å². The summed E-state index contributed by atoms with van der Waals surface area (Å²) in [5, 5.41) is 9.09. The smallest absolute Gasteiger partial charge is 0.319 e. The van der Waals surface area contributed by atoms with Crippen molar-refractivity contribution in [2.75, 3.05) is 26.7 Å². The van der Waals surface area contributed by atoms with E-state index in [9.17, 15) is 9.59 Å². The number of likely N-dealkylation sites (tertiary alicyclic amines) is 1. The Bertz CT molecular complexity index is 353. The van der Waals surface area contributed by atoms with Gasteiger partial charge in [0.05, 0.1) is 5.92 Å². The van der Waals surface area contributed by atoms with E-state index >= 15 is 0 Å². The van der Waals surface area contributed by atoms with Crippen LogP contribution in [0.4, 0.5) is 4.79 Å². The zero-order valence-corrected chi connectivity index (χ0v) is 12.4. The number of carboxylic acid groups (broad SMARTS) is 1. The Kier molecular flexibility index (Phi) is 5.26. The van der Waals surface area contributed by atoms with E-state index in [1.54, 1.807) is 9.80 Å². The first-order chi connectivity index (χ1) is 9.58. The Morgan fingerprint density at radius 2 is 1.85 bits per heavy atom. The van der Waals surface area contributed by atoms with Gasteiger partial charge in [0.2, 0.25) is 0 Å². The number of hydrogen-bond donors (Lipinski definition) is 1. The van der Waals surface area contributed by atoms with E-state index < -0.39 is 11.9 Å². The number of nitrogens with zero attached hydrogens (tertiary/aromatic N) is 2. The number of rotatable bonds is 3. The third-order valence-electron chi connectivity index (χ3n) is 4.62. The molecule has 0 aromatic rings. The molecule has 114 valence electrons. The maximum Gasteiger partial charge on any atom is 0.319 e. The van der Waals surface area contributed by atoms with Crippen LogP contribution in [0.1, 0.15) is 44.9 Å². The summed E-state index contributed by atoms with van der Waals surface area (Å²) in [7, 11) is 1.85. The van der Waals surface area contributed by atoms with E-state index in [4.69, 9.17) is 5.11 Å². The van der Waals surface area contributed by atoms with Crippen molar-refractivity contribution >= 4 is 12.0 Å². The zero-order chi connectivity index (χ0) is 14.5. The zero-order valence-electron chi connectivity index (χ0n) is 12.4. The van der Waals surface area contributed by atoms with Crippen molar-refractivity contribution in [3.63, 3.8) is 0 Å². The second-order valence-electron chi connectivity index (χ2n) is 6.29. The van der Waals surface area contributed by atoms with Gasteiger partial charge >= 0.3 is 12.0 Å². The van der Waals surface area contributed by atoms with Crippen LogP contribution >= 0.6 is 0 Å². The van der Waals surface area contributed by atoms with E-state index in [-0.39, 0.29) is 6.03 Å². The molecule has 0 radical (unpaired) electrons. The first kappa shape index (κ1) is 15.1.